The summed E-state index contributed by atoms with van der Waals surface area (Å²) in [7, 11) is -3.28. The summed E-state index contributed by atoms with van der Waals surface area (Å²) in [6, 6.07) is 1.83. The molecule has 8 heteroatoms. The fraction of sp³-hybridized carbons (Fsp3) is 0.538. The molecule has 116 valence electrons. The second kappa shape index (κ2) is 5.98. The number of sulfonamides is 1. The van der Waals surface area contributed by atoms with Crippen LogP contribution in [0.4, 0.5) is 0 Å². The second-order valence-electron chi connectivity index (χ2n) is 5.22. The molecule has 2 heterocycles. The number of carbonyl (C=O) groups excluding carboxylic acids is 1. The van der Waals surface area contributed by atoms with Gasteiger partial charge in [0.15, 0.2) is 0 Å². The van der Waals surface area contributed by atoms with Gasteiger partial charge in [0.2, 0.25) is 15.9 Å². The van der Waals surface area contributed by atoms with Crippen LogP contribution in [0.1, 0.15) is 23.2 Å². The van der Waals surface area contributed by atoms with Crippen molar-refractivity contribution >= 4 is 15.9 Å². The van der Waals surface area contributed by atoms with Gasteiger partial charge in [-0.05, 0) is 31.9 Å². The maximum Gasteiger partial charge on any atom is 0.253 e. The Morgan fingerprint density at radius 1 is 1.43 bits per heavy atom. The van der Waals surface area contributed by atoms with Gasteiger partial charge in [0.25, 0.3) is 5.56 Å². The Morgan fingerprint density at radius 2 is 2.14 bits per heavy atom. The zero-order chi connectivity index (χ0) is 15.6. The highest BCUT2D eigenvalue weighted by atomic mass is 32.2. The number of amides is 1. The van der Waals surface area contributed by atoms with Crippen molar-refractivity contribution in [2.45, 2.75) is 26.8 Å². The molecule has 1 aromatic heterocycles. The molecule has 0 atom stereocenters. The minimum atomic E-state index is -3.28. The highest BCUT2D eigenvalue weighted by Gasteiger charge is 2.29. The van der Waals surface area contributed by atoms with Crippen LogP contribution in [0.15, 0.2) is 10.9 Å². The maximum atomic E-state index is 11.8. The van der Waals surface area contributed by atoms with Crippen LogP contribution >= 0.6 is 0 Å². The second-order valence-corrected chi connectivity index (χ2v) is 7.31. The van der Waals surface area contributed by atoms with Crippen molar-refractivity contribution in [3.05, 3.63) is 33.2 Å². The molecule has 1 fully saturated rings. The molecule has 1 aliphatic heterocycles. The van der Waals surface area contributed by atoms with Gasteiger partial charge in [-0.25, -0.2) is 8.42 Å². The lowest BCUT2D eigenvalue weighted by atomic mass is 10.1. The van der Waals surface area contributed by atoms with Crippen LogP contribution in [0.25, 0.3) is 0 Å². The summed E-state index contributed by atoms with van der Waals surface area (Å²) in [6.45, 7) is 3.86. The molecule has 1 aliphatic rings. The van der Waals surface area contributed by atoms with Crippen molar-refractivity contribution < 1.29 is 13.2 Å². The summed E-state index contributed by atoms with van der Waals surface area (Å²) in [4.78, 5) is 26.3. The predicted octanol–water partition coefficient (Wildman–Crippen LogP) is -0.357. The Kier molecular flexibility index (Phi) is 4.48. The fourth-order valence-corrected chi connectivity index (χ4v) is 3.85. The first-order valence-electron chi connectivity index (χ1n) is 6.73. The molecule has 1 saturated heterocycles. The lowest BCUT2D eigenvalue weighted by Gasteiger charge is -2.14. The molecule has 1 amide bonds. The summed E-state index contributed by atoms with van der Waals surface area (Å²) >= 11 is 0. The highest BCUT2D eigenvalue weighted by molar-refractivity contribution is 7.89. The SMILES string of the molecule is Cc1cc(C)c(CNC(=O)CN2CCCS2(=O)=O)c(=O)[nH]1. The lowest BCUT2D eigenvalue weighted by molar-refractivity contribution is -0.121. The molecule has 0 spiro atoms. The van der Waals surface area contributed by atoms with E-state index in [0.29, 0.717) is 18.5 Å². The first kappa shape index (κ1) is 15.7. The van der Waals surface area contributed by atoms with Gasteiger partial charge in [0, 0.05) is 24.3 Å². The van der Waals surface area contributed by atoms with Crippen molar-refractivity contribution in [3.8, 4) is 0 Å². The number of aromatic amines is 1. The molecule has 0 bridgehead atoms. The molecule has 7 nitrogen and oxygen atoms in total. The molecule has 2 N–H and O–H groups in total. The third kappa shape index (κ3) is 3.70. The fourth-order valence-electron chi connectivity index (χ4n) is 2.37. The number of pyridine rings is 1. The third-order valence-corrected chi connectivity index (χ3v) is 5.38. The van der Waals surface area contributed by atoms with Gasteiger partial charge in [-0.1, -0.05) is 0 Å². The van der Waals surface area contributed by atoms with Crippen LogP contribution in [-0.4, -0.2) is 42.5 Å². The first-order chi connectivity index (χ1) is 9.79. The topological polar surface area (TPSA) is 99.3 Å². The number of carbonyl (C=O) groups is 1. The van der Waals surface area contributed by atoms with Crippen LogP contribution in [0.2, 0.25) is 0 Å². The average Bonchev–Trinajstić information content (AvgIpc) is 2.67. The first-order valence-corrected chi connectivity index (χ1v) is 8.34. The van der Waals surface area contributed by atoms with Gasteiger partial charge in [-0.2, -0.15) is 4.31 Å². The summed E-state index contributed by atoms with van der Waals surface area (Å²) in [5.74, 6) is -0.309. The maximum absolute atomic E-state index is 11.8. The number of nitrogens with one attached hydrogen (secondary N) is 2. The van der Waals surface area contributed by atoms with Gasteiger partial charge < -0.3 is 10.3 Å². The minimum absolute atomic E-state index is 0.0914. The zero-order valence-electron chi connectivity index (χ0n) is 12.1. The summed E-state index contributed by atoms with van der Waals surface area (Å²) in [5.41, 5.74) is 1.81. The predicted molar refractivity (Wildman–Crippen MR) is 78.4 cm³/mol. The zero-order valence-corrected chi connectivity index (χ0v) is 12.9. The van der Waals surface area contributed by atoms with E-state index in [0.717, 1.165) is 11.3 Å². The number of aryl methyl sites for hydroxylation is 2. The smallest absolute Gasteiger partial charge is 0.253 e. The third-order valence-electron chi connectivity index (χ3n) is 3.48. The van der Waals surface area contributed by atoms with Gasteiger partial charge in [-0.15, -0.1) is 0 Å². The highest BCUT2D eigenvalue weighted by Crippen LogP contribution is 2.12. The number of rotatable bonds is 4. The number of hydrogen-bond acceptors (Lipinski definition) is 4. The van der Waals surface area contributed by atoms with E-state index < -0.39 is 15.9 Å². The number of nitrogens with zero attached hydrogens (tertiary/aromatic N) is 1. The molecule has 1 aromatic rings. The van der Waals surface area contributed by atoms with Crippen LogP contribution in [0, 0.1) is 13.8 Å². The van der Waals surface area contributed by atoms with E-state index in [-0.39, 0.29) is 24.4 Å². The van der Waals surface area contributed by atoms with Gasteiger partial charge in [0.1, 0.15) is 0 Å². The van der Waals surface area contributed by atoms with Crippen LogP contribution in [-0.2, 0) is 21.4 Å². The van der Waals surface area contributed by atoms with Crippen molar-refractivity contribution in [1.29, 1.82) is 0 Å². The van der Waals surface area contributed by atoms with Crippen molar-refractivity contribution in [1.82, 2.24) is 14.6 Å². The Labute approximate surface area is 123 Å². The van der Waals surface area contributed by atoms with Crippen LogP contribution in [0.5, 0.6) is 0 Å². The molecular weight excluding hydrogens is 294 g/mol. The van der Waals surface area contributed by atoms with Crippen molar-refractivity contribution in [2.24, 2.45) is 0 Å². The number of H-pyrrole nitrogens is 1. The minimum Gasteiger partial charge on any atom is -0.351 e. The number of aromatic nitrogens is 1. The molecule has 0 radical (unpaired) electrons. The van der Waals surface area contributed by atoms with Gasteiger partial charge >= 0.3 is 0 Å². The van der Waals surface area contributed by atoms with E-state index in [2.05, 4.69) is 10.3 Å². The van der Waals surface area contributed by atoms with Crippen LogP contribution < -0.4 is 10.9 Å². The van der Waals surface area contributed by atoms with Crippen molar-refractivity contribution in [3.63, 3.8) is 0 Å². The van der Waals surface area contributed by atoms with Crippen LogP contribution in [0.3, 0.4) is 0 Å². The van der Waals surface area contributed by atoms with E-state index in [4.69, 9.17) is 0 Å². The Hall–Kier alpha value is -1.67. The summed E-state index contributed by atoms with van der Waals surface area (Å²) in [5, 5.41) is 2.60. The molecule has 0 aromatic carbocycles. The van der Waals surface area contributed by atoms with Crippen molar-refractivity contribution in [2.75, 3.05) is 18.8 Å². The summed E-state index contributed by atoms with van der Waals surface area (Å²) in [6.07, 6.45) is 0.548. The molecule has 2 rings (SSSR count). The molecular formula is C13H19N3O4S. The molecule has 0 aliphatic carbocycles. The normalized spacial score (nSPS) is 17.8. The average molecular weight is 313 g/mol. The monoisotopic (exact) mass is 313 g/mol. The standard InChI is InChI=1S/C13H19N3O4S/c1-9-6-10(2)15-13(18)11(9)7-14-12(17)8-16-4-3-5-21(16,19)20/h6H,3-5,7-8H2,1-2H3,(H,14,17)(H,15,18). The van der Waals surface area contributed by atoms with Gasteiger partial charge in [0.05, 0.1) is 12.3 Å². The lowest BCUT2D eigenvalue weighted by Crippen LogP contribution is -2.38. The van der Waals surface area contributed by atoms with E-state index in [1.54, 1.807) is 13.8 Å². The van der Waals surface area contributed by atoms with E-state index in [9.17, 15) is 18.0 Å². The van der Waals surface area contributed by atoms with E-state index in [1.165, 1.54) is 4.31 Å². The van der Waals surface area contributed by atoms with Gasteiger partial charge in [-0.3, -0.25) is 9.59 Å². The van der Waals surface area contributed by atoms with E-state index in [1.807, 2.05) is 6.07 Å². The number of hydrogen-bond donors (Lipinski definition) is 2. The van der Waals surface area contributed by atoms with E-state index >= 15 is 0 Å². The Bertz CT molecular complexity index is 709. The molecule has 0 saturated carbocycles. The molecule has 21 heavy (non-hydrogen) atoms. The Morgan fingerprint density at radius 3 is 2.71 bits per heavy atom. The summed E-state index contributed by atoms with van der Waals surface area (Å²) < 4.78 is 24.4. The molecule has 0 unspecified atom stereocenters. The largest absolute Gasteiger partial charge is 0.351 e. The Balaban J connectivity index is 1.98. The quantitative estimate of drug-likeness (QED) is 0.793.